The van der Waals surface area contributed by atoms with E-state index in [1.165, 1.54) is 72.9 Å². The smallest absolute Gasteiger partial charge is 0.180 e. The van der Waals surface area contributed by atoms with E-state index in [9.17, 15) is 0 Å². The van der Waals surface area contributed by atoms with E-state index < -0.39 is 0 Å². The molecule has 0 N–H and O–H groups in total. The highest BCUT2D eigenvalue weighted by Gasteiger charge is 2.24. The number of hydrogen-bond acceptors (Lipinski definition) is 5. The van der Waals surface area contributed by atoms with Crippen molar-refractivity contribution in [2.24, 2.45) is 0 Å². The molecule has 4 nitrogen and oxygen atoms in total. The molecule has 5 aromatic heterocycles. The molecule has 0 saturated heterocycles. The van der Waals surface area contributed by atoms with Crippen LogP contribution < -0.4 is 0 Å². The molecule has 0 bridgehead atoms. The molecule has 0 radical (unpaired) electrons. The average molecular weight is 774 g/mol. The molecule has 58 heavy (non-hydrogen) atoms. The van der Waals surface area contributed by atoms with Gasteiger partial charge in [0.2, 0.25) is 0 Å². The molecule has 0 fully saturated rings. The molecule has 9 aromatic carbocycles. The third-order valence-electron chi connectivity index (χ3n) is 12.2. The van der Waals surface area contributed by atoms with Crippen LogP contribution in [0.2, 0.25) is 0 Å². The third-order valence-corrected chi connectivity index (χ3v) is 14.4. The number of aromatic nitrogens is 3. The molecular weight excluding hydrogens is 747 g/mol. The van der Waals surface area contributed by atoms with Crippen LogP contribution in [0.4, 0.5) is 0 Å². The van der Waals surface area contributed by atoms with E-state index in [1.807, 2.05) is 40.9 Å². The maximum absolute atomic E-state index is 6.58. The minimum Gasteiger partial charge on any atom is -0.452 e. The van der Waals surface area contributed by atoms with E-state index >= 15 is 0 Å². The second-order valence-electron chi connectivity index (χ2n) is 15.2. The topological polar surface area (TPSA) is 43.9 Å². The second-order valence-corrected chi connectivity index (χ2v) is 17.4. The zero-order valence-corrected chi connectivity index (χ0v) is 32.3. The van der Waals surface area contributed by atoms with Crippen LogP contribution in [0.1, 0.15) is 0 Å². The van der Waals surface area contributed by atoms with Crippen LogP contribution in [0.25, 0.3) is 134 Å². The highest BCUT2D eigenvalue weighted by Crippen LogP contribution is 2.48. The third kappa shape index (κ3) is 4.07. The Hall–Kier alpha value is -7.12. The summed E-state index contributed by atoms with van der Waals surface area (Å²) in [5.41, 5.74) is 8.66. The number of nitrogens with zero attached hydrogens (tertiary/aromatic N) is 3. The van der Waals surface area contributed by atoms with Crippen molar-refractivity contribution in [2.75, 3.05) is 0 Å². The minimum atomic E-state index is 0.674. The van der Waals surface area contributed by atoms with Gasteiger partial charge < -0.3 is 8.98 Å². The summed E-state index contributed by atoms with van der Waals surface area (Å²) in [5, 5.41) is 13.6. The van der Waals surface area contributed by atoms with Gasteiger partial charge in [0, 0.05) is 73.0 Å². The van der Waals surface area contributed by atoms with Gasteiger partial charge >= 0.3 is 0 Å². The lowest BCUT2D eigenvalue weighted by molar-refractivity contribution is 0.667. The Balaban J connectivity index is 1.05. The van der Waals surface area contributed by atoms with Gasteiger partial charge in [-0.3, -0.25) is 0 Å². The molecule has 14 rings (SSSR count). The summed E-state index contributed by atoms with van der Waals surface area (Å²) in [6.45, 7) is 0. The van der Waals surface area contributed by atoms with E-state index in [2.05, 4.69) is 150 Å². The van der Waals surface area contributed by atoms with Crippen LogP contribution >= 0.6 is 22.7 Å². The fourth-order valence-corrected chi connectivity index (χ4v) is 12.0. The Morgan fingerprint density at radius 1 is 0.448 bits per heavy atom. The Kier molecular flexibility index (Phi) is 6.02. The van der Waals surface area contributed by atoms with Crippen LogP contribution in [0.15, 0.2) is 168 Å². The second kappa shape index (κ2) is 11.3. The molecule has 5 heterocycles. The minimum absolute atomic E-state index is 0.674. The first kappa shape index (κ1) is 31.0. The molecule has 0 aliphatic heterocycles. The van der Waals surface area contributed by atoms with Crippen LogP contribution in [0.3, 0.4) is 0 Å². The van der Waals surface area contributed by atoms with Crippen molar-refractivity contribution in [1.82, 2.24) is 14.5 Å². The average Bonchev–Trinajstić information content (AvgIpc) is 3.92. The largest absolute Gasteiger partial charge is 0.452 e. The van der Waals surface area contributed by atoms with Crippen molar-refractivity contribution in [1.29, 1.82) is 0 Å². The number of rotatable bonds is 3. The lowest BCUT2D eigenvalue weighted by Crippen LogP contribution is -1.99. The van der Waals surface area contributed by atoms with Crippen molar-refractivity contribution < 1.29 is 4.42 Å². The van der Waals surface area contributed by atoms with E-state index in [0.29, 0.717) is 11.4 Å². The van der Waals surface area contributed by atoms with Gasteiger partial charge in [0.25, 0.3) is 0 Å². The van der Waals surface area contributed by atoms with Crippen LogP contribution in [-0.4, -0.2) is 14.5 Å². The van der Waals surface area contributed by atoms with Gasteiger partial charge in [-0.1, -0.05) is 103 Å². The molecular formula is C52H27N3OS2. The van der Waals surface area contributed by atoms with Gasteiger partial charge in [-0.15, -0.1) is 22.7 Å². The maximum atomic E-state index is 6.58. The molecule has 0 spiro atoms. The first-order valence-corrected chi connectivity index (χ1v) is 21.1. The highest BCUT2D eigenvalue weighted by atomic mass is 32.1. The Bertz CT molecular complexity index is 3950. The lowest BCUT2D eigenvalue weighted by Gasteiger charge is -2.15. The van der Waals surface area contributed by atoms with E-state index in [4.69, 9.17) is 14.4 Å². The predicted octanol–water partition coefficient (Wildman–Crippen LogP) is 15.3. The number of hydrogen-bond donors (Lipinski definition) is 0. The summed E-state index contributed by atoms with van der Waals surface area (Å²) in [4.78, 5) is 10.7. The molecule has 0 saturated carbocycles. The van der Waals surface area contributed by atoms with Gasteiger partial charge in [-0.25, -0.2) is 9.97 Å². The number of fused-ring (bicyclic) bond motifs is 7. The summed E-state index contributed by atoms with van der Waals surface area (Å²) >= 11 is 3.70. The van der Waals surface area contributed by atoms with Crippen LogP contribution in [0, 0.1) is 0 Å². The van der Waals surface area contributed by atoms with E-state index in [0.717, 1.165) is 49.8 Å². The van der Waals surface area contributed by atoms with Crippen LogP contribution in [-0.2, 0) is 0 Å². The zero-order valence-electron chi connectivity index (χ0n) is 30.7. The Morgan fingerprint density at radius 2 is 1.09 bits per heavy atom. The normalized spacial score (nSPS) is 12.5. The number of furan rings is 1. The molecule has 0 aliphatic rings. The van der Waals surface area contributed by atoms with Gasteiger partial charge in [-0.05, 0) is 76.8 Å². The van der Waals surface area contributed by atoms with Gasteiger partial charge in [0.1, 0.15) is 16.8 Å². The molecule has 6 heteroatoms. The monoisotopic (exact) mass is 773 g/mol. The number of benzene rings is 9. The maximum Gasteiger partial charge on any atom is 0.180 e. The number of thiophene rings is 1. The standard InChI is InChI=1S/C52H27N3OS2/c1-2-12-32-31(11-1)35(23-26-37(32)55-38-24-20-28-9-7-17-42-45(28)47(38)48-39(55)25-21-29-10-8-18-43(58-42)46(29)48)52-53-49(51-50(54-52)36-14-3-5-15-40(36)56-51)30-19-22-34-33-13-4-6-16-41(33)57-44(34)27-30/h1-27H. The fourth-order valence-electron chi connectivity index (χ4n) is 9.68. The quantitative estimate of drug-likeness (QED) is 0.180. The highest BCUT2D eigenvalue weighted by molar-refractivity contribution is 7.26. The Morgan fingerprint density at radius 3 is 1.86 bits per heavy atom. The fraction of sp³-hybridized carbons (Fsp3) is 0. The van der Waals surface area contributed by atoms with Crippen molar-refractivity contribution in [3.63, 3.8) is 0 Å². The van der Waals surface area contributed by atoms with Gasteiger partial charge in [0.15, 0.2) is 11.4 Å². The summed E-state index contributed by atoms with van der Waals surface area (Å²) < 4.78 is 14.2. The molecule has 0 amide bonds. The summed E-state index contributed by atoms with van der Waals surface area (Å²) in [7, 11) is 0. The van der Waals surface area contributed by atoms with Crippen molar-refractivity contribution >= 4 is 128 Å². The molecule has 0 aliphatic carbocycles. The van der Waals surface area contributed by atoms with Crippen molar-refractivity contribution in [3.05, 3.63) is 164 Å². The SMILES string of the molecule is c1ccc2c(c1)oc1c(-c3ccc4c(c3)sc3ccccc34)nc(-c3ccc(-n4c5ccc6cccc7sc8cccc9ccc4c(c98)c5c67)c4ccccc34)nc12. The first-order chi connectivity index (χ1) is 28.7. The Labute approximate surface area is 337 Å². The van der Waals surface area contributed by atoms with E-state index in [-0.39, 0.29) is 0 Å². The van der Waals surface area contributed by atoms with Gasteiger partial charge in [-0.2, -0.15) is 0 Å². The zero-order chi connectivity index (χ0) is 37.6. The molecule has 0 unspecified atom stereocenters. The van der Waals surface area contributed by atoms with Gasteiger partial charge in [0.05, 0.1) is 16.7 Å². The molecule has 268 valence electrons. The number of para-hydroxylation sites is 1. The summed E-state index contributed by atoms with van der Waals surface area (Å²) in [6.07, 6.45) is 0. The first-order valence-electron chi connectivity index (χ1n) is 19.5. The molecule has 14 aromatic rings. The lowest BCUT2D eigenvalue weighted by atomic mass is 10.00. The van der Waals surface area contributed by atoms with Crippen molar-refractivity contribution in [2.45, 2.75) is 0 Å². The summed E-state index contributed by atoms with van der Waals surface area (Å²) in [6, 6.07) is 59.3. The predicted molar refractivity (Wildman–Crippen MR) is 246 cm³/mol. The summed E-state index contributed by atoms with van der Waals surface area (Å²) in [5.74, 6) is 0.674. The van der Waals surface area contributed by atoms with Crippen LogP contribution in [0.5, 0.6) is 0 Å². The molecule has 0 atom stereocenters. The van der Waals surface area contributed by atoms with Crippen molar-refractivity contribution in [3.8, 4) is 28.3 Å². The van der Waals surface area contributed by atoms with E-state index in [1.54, 1.807) is 0 Å².